The number of hydrogen-bond donors (Lipinski definition) is 2. The second kappa shape index (κ2) is 6.28. The van der Waals surface area contributed by atoms with E-state index in [0.717, 1.165) is 38.3 Å². The van der Waals surface area contributed by atoms with Crippen molar-refractivity contribution in [3.8, 4) is 5.75 Å². The molecule has 0 bridgehead atoms. The van der Waals surface area contributed by atoms with Crippen LogP contribution in [0.25, 0.3) is 32.3 Å². The summed E-state index contributed by atoms with van der Waals surface area (Å²) in [5.74, 6) is 1.45. The number of aryl methyl sites for hydroxylation is 1. The van der Waals surface area contributed by atoms with E-state index in [1.807, 2.05) is 35.9 Å². The number of phenolic OH excluding ortho intramolecular Hbond substituents is 1. The molecule has 0 aromatic heterocycles. The average Bonchev–Trinajstić information content (AvgIpc) is 3.15. The number of hydrogen-bond acceptors (Lipinski definition) is 3. The number of thiol groups is 1. The van der Waals surface area contributed by atoms with E-state index in [0.29, 0.717) is 16.7 Å². The lowest BCUT2D eigenvalue weighted by molar-refractivity contribution is 0.102. The summed E-state index contributed by atoms with van der Waals surface area (Å²) in [6.07, 6.45) is 1.92. The molecule has 1 aliphatic rings. The molecular formula is C24H20O3S. The monoisotopic (exact) mass is 388 g/mol. The van der Waals surface area contributed by atoms with Gasteiger partial charge in [0.05, 0.1) is 7.11 Å². The van der Waals surface area contributed by atoms with Gasteiger partial charge >= 0.3 is 0 Å². The van der Waals surface area contributed by atoms with Crippen molar-refractivity contribution in [3.05, 3.63) is 76.2 Å². The molecule has 1 heterocycles. The first-order valence-corrected chi connectivity index (χ1v) is 10.9. The van der Waals surface area contributed by atoms with Gasteiger partial charge in [0.2, 0.25) is 0 Å². The van der Waals surface area contributed by atoms with E-state index < -0.39 is 10.9 Å². The predicted octanol–water partition coefficient (Wildman–Crippen LogP) is 5.80. The molecule has 1 N–H and O–H groups in total. The second-order valence-electron chi connectivity index (χ2n) is 7.22. The minimum absolute atomic E-state index is 0.0503. The Balaban J connectivity index is 1.72. The Morgan fingerprint density at radius 1 is 1.04 bits per heavy atom. The van der Waals surface area contributed by atoms with Crippen LogP contribution in [0.3, 0.4) is 0 Å². The minimum Gasteiger partial charge on any atom is -0.507 e. The Kier molecular flexibility index (Phi) is 3.84. The van der Waals surface area contributed by atoms with Gasteiger partial charge in [-0.15, -0.1) is 0 Å². The highest BCUT2D eigenvalue weighted by atomic mass is 32.2. The van der Waals surface area contributed by atoms with E-state index in [9.17, 15) is 9.90 Å². The Morgan fingerprint density at radius 2 is 1.75 bits per heavy atom. The molecule has 5 rings (SSSR count). The summed E-state index contributed by atoms with van der Waals surface area (Å²) >= 11 is 0. The fourth-order valence-electron chi connectivity index (χ4n) is 4.15. The number of ether oxygens (including phenoxy) is 1. The zero-order valence-electron chi connectivity index (χ0n) is 15.7. The Morgan fingerprint density at radius 3 is 2.50 bits per heavy atom. The molecule has 3 nitrogen and oxygen atoms in total. The van der Waals surface area contributed by atoms with Crippen molar-refractivity contribution in [1.82, 2.24) is 0 Å². The standard InChI is InChI=1S/C24H20O3S/c1-14-3-4-15-5-6-16-7-8-18(21(26)13-28-10-9-17(12-28)27-2)24-20(25)11-19(14)22(15)23(16)24/h3-12,25,28H,13H2,1-2H3. The SMILES string of the molecule is COC1=C[SH](CC(=O)c2ccc3ccc4ccc(C)c5cc(O)c2c3c45)C=C1. The molecule has 4 heteroatoms. The number of benzene rings is 4. The molecule has 1 aliphatic heterocycles. The number of phenols is 1. The number of allylic oxidation sites excluding steroid dienone is 1. The summed E-state index contributed by atoms with van der Waals surface area (Å²) in [6, 6.07) is 14.0. The van der Waals surface area contributed by atoms with E-state index in [-0.39, 0.29) is 11.5 Å². The van der Waals surface area contributed by atoms with Gasteiger partial charge < -0.3 is 9.84 Å². The molecule has 0 amide bonds. The van der Waals surface area contributed by atoms with Gasteiger partial charge in [0.25, 0.3) is 0 Å². The molecule has 0 radical (unpaired) electrons. The normalized spacial score (nSPS) is 17.6. The maximum absolute atomic E-state index is 13.2. The van der Waals surface area contributed by atoms with Crippen LogP contribution in [0.15, 0.2) is 65.1 Å². The van der Waals surface area contributed by atoms with Crippen LogP contribution >= 0.6 is 10.9 Å². The van der Waals surface area contributed by atoms with Crippen molar-refractivity contribution in [2.75, 3.05) is 12.9 Å². The van der Waals surface area contributed by atoms with Crippen LogP contribution in [0, 0.1) is 6.92 Å². The zero-order valence-corrected chi connectivity index (χ0v) is 16.6. The molecular weight excluding hydrogens is 368 g/mol. The van der Waals surface area contributed by atoms with Crippen LogP contribution in [0.4, 0.5) is 0 Å². The number of ketones is 1. The van der Waals surface area contributed by atoms with Crippen molar-refractivity contribution in [3.63, 3.8) is 0 Å². The van der Waals surface area contributed by atoms with Crippen LogP contribution in [0.5, 0.6) is 5.75 Å². The third kappa shape index (κ3) is 2.49. The van der Waals surface area contributed by atoms with Crippen LogP contribution in [0.1, 0.15) is 15.9 Å². The highest BCUT2D eigenvalue weighted by molar-refractivity contribution is 8.22. The first-order valence-electron chi connectivity index (χ1n) is 9.20. The van der Waals surface area contributed by atoms with E-state index in [1.165, 1.54) is 0 Å². The van der Waals surface area contributed by atoms with Crippen molar-refractivity contribution < 1.29 is 14.6 Å². The fourth-order valence-corrected chi connectivity index (χ4v) is 5.79. The molecule has 4 aromatic rings. The van der Waals surface area contributed by atoms with Gasteiger partial charge in [0, 0.05) is 22.1 Å². The molecule has 4 aromatic carbocycles. The van der Waals surface area contributed by atoms with Gasteiger partial charge in [-0.3, -0.25) is 4.79 Å². The summed E-state index contributed by atoms with van der Waals surface area (Å²) in [7, 11) is 0.966. The van der Waals surface area contributed by atoms with Gasteiger partial charge in [-0.1, -0.05) is 30.3 Å². The summed E-state index contributed by atoms with van der Waals surface area (Å²) in [5, 5.41) is 20.9. The maximum atomic E-state index is 13.2. The lowest BCUT2D eigenvalue weighted by Gasteiger charge is -2.17. The summed E-state index contributed by atoms with van der Waals surface area (Å²) in [5.41, 5.74) is 1.71. The quantitative estimate of drug-likeness (QED) is 0.264. The van der Waals surface area contributed by atoms with Crippen LogP contribution < -0.4 is 0 Å². The Bertz CT molecular complexity index is 1320. The minimum atomic E-state index is -0.671. The van der Waals surface area contributed by atoms with Crippen molar-refractivity contribution in [1.29, 1.82) is 0 Å². The number of Topliss-reactive ketones (excluding diaryl/α,β-unsaturated/α-hetero) is 1. The molecule has 0 fully saturated rings. The molecule has 0 saturated carbocycles. The third-order valence-corrected chi connectivity index (χ3v) is 7.32. The fraction of sp³-hybridized carbons (Fsp3) is 0.125. The Hall–Kier alpha value is -2.98. The number of rotatable bonds is 4. The first kappa shape index (κ1) is 17.1. The van der Waals surface area contributed by atoms with Gasteiger partial charge in [-0.25, -0.2) is 10.9 Å². The number of aromatic hydroxyl groups is 1. The lowest BCUT2D eigenvalue weighted by atomic mass is 9.89. The summed E-state index contributed by atoms with van der Waals surface area (Å²) < 4.78 is 5.25. The number of carbonyl (C=O) groups excluding carboxylic acids is 1. The highest BCUT2D eigenvalue weighted by Gasteiger charge is 2.20. The molecule has 1 atom stereocenters. The van der Waals surface area contributed by atoms with Crippen LogP contribution in [0.2, 0.25) is 0 Å². The molecule has 0 spiro atoms. The van der Waals surface area contributed by atoms with E-state index in [2.05, 4.69) is 24.3 Å². The molecule has 140 valence electrons. The molecule has 0 saturated heterocycles. The van der Waals surface area contributed by atoms with Crippen LogP contribution in [-0.2, 0) is 4.74 Å². The van der Waals surface area contributed by atoms with Gasteiger partial charge in [-0.05, 0) is 63.1 Å². The molecule has 28 heavy (non-hydrogen) atoms. The number of carbonyl (C=O) groups is 1. The summed E-state index contributed by atoms with van der Waals surface area (Å²) in [4.78, 5) is 13.2. The Labute approximate surface area is 165 Å². The van der Waals surface area contributed by atoms with Crippen molar-refractivity contribution in [2.24, 2.45) is 0 Å². The topological polar surface area (TPSA) is 46.5 Å². The van der Waals surface area contributed by atoms with E-state index in [4.69, 9.17) is 4.74 Å². The molecule has 1 unspecified atom stereocenters. The predicted molar refractivity (Wildman–Crippen MR) is 119 cm³/mol. The first-order chi connectivity index (χ1) is 13.6. The average molecular weight is 388 g/mol. The van der Waals surface area contributed by atoms with Gasteiger partial charge in [-0.2, -0.15) is 0 Å². The third-order valence-electron chi connectivity index (χ3n) is 5.55. The van der Waals surface area contributed by atoms with Crippen molar-refractivity contribution in [2.45, 2.75) is 6.92 Å². The lowest BCUT2D eigenvalue weighted by Crippen LogP contribution is -2.05. The number of methoxy groups -OCH3 is 1. The highest BCUT2D eigenvalue weighted by Crippen LogP contribution is 2.43. The van der Waals surface area contributed by atoms with E-state index in [1.54, 1.807) is 13.2 Å². The van der Waals surface area contributed by atoms with Crippen LogP contribution in [-0.4, -0.2) is 23.8 Å². The second-order valence-corrected chi connectivity index (χ2v) is 9.12. The van der Waals surface area contributed by atoms with Crippen molar-refractivity contribution >= 4 is 49.0 Å². The van der Waals surface area contributed by atoms with Gasteiger partial charge in [0.1, 0.15) is 11.5 Å². The molecule has 0 aliphatic carbocycles. The van der Waals surface area contributed by atoms with E-state index >= 15 is 0 Å². The largest absolute Gasteiger partial charge is 0.507 e. The zero-order chi connectivity index (χ0) is 19.4. The smallest absolute Gasteiger partial charge is 0.172 e. The maximum Gasteiger partial charge on any atom is 0.172 e. The summed E-state index contributed by atoms with van der Waals surface area (Å²) in [6.45, 7) is 2.05. The van der Waals surface area contributed by atoms with Gasteiger partial charge in [0.15, 0.2) is 5.78 Å².